The van der Waals surface area contributed by atoms with E-state index in [0.717, 1.165) is 0 Å². The van der Waals surface area contributed by atoms with Gasteiger partial charge in [-0.3, -0.25) is 9.59 Å². The van der Waals surface area contributed by atoms with Crippen LogP contribution in [0, 0.1) is 5.92 Å². The minimum atomic E-state index is -0.655. The number of hydrogen-bond donors (Lipinski definition) is 0. The molecule has 0 bridgehead atoms. The Kier molecular flexibility index (Phi) is 4.29. The van der Waals surface area contributed by atoms with Crippen LogP contribution in [0.4, 0.5) is 0 Å². The zero-order chi connectivity index (χ0) is 19.3. The minimum absolute atomic E-state index is 0.0821. The molecule has 1 spiro atoms. The summed E-state index contributed by atoms with van der Waals surface area (Å²) in [6, 6.07) is 4.99. The third-order valence-corrected chi connectivity index (χ3v) is 6.15. The predicted molar refractivity (Wildman–Crippen MR) is 97.8 cm³/mol. The van der Waals surface area contributed by atoms with Crippen LogP contribution in [-0.2, 0) is 9.53 Å². The average Bonchev–Trinajstić information content (AvgIpc) is 3.29. The minimum Gasteiger partial charge on any atom is -0.493 e. The SMILES string of the molecule is COc1ccc(C(=O)N2CC[C@@]34OC[C@@H](C(C)C)N3C(=O)C[C@@H]24)cc1OC. The van der Waals surface area contributed by atoms with Gasteiger partial charge in [0.1, 0.15) is 0 Å². The van der Waals surface area contributed by atoms with Crippen LogP contribution in [0.5, 0.6) is 11.5 Å². The molecule has 7 nitrogen and oxygen atoms in total. The van der Waals surface area contributed by atoms with Crippen molar-refractivity contribution in [1.82, 2.24) is 9.80 Å². The Morgan fingerprint density at radius 3 is 2.67 bits per heavy atom. The van der Waals surface area contributed by atoms with Crippen molar-refractivity contribution in [1.29, 1.82) is 0 Å². The van der Waals surface area contributed by atoms with Gasteiger partial charge in [-0.1, -0.05) is 13.8 Å². The summed E-state index contributed by atoms with van der Waals surface area (Å²) >= 11 is 0. The fourth-order valence-corrected chi connectivity index (χ4v) is 4.75. The Hall–Kier alpha value is -2.28. The molecule has 3 saturated heterocycles. The van der Waals surface area contributed by atoms with E-state index in [4.69, 9.17) is 14.2 Å². The van der Waals surface area contributed by atoms with Crippen LogP contribution in [0.3, 0.4) is 0 Å². The van der Waals surface area contributed by atoms with Crippen LogP contribution in [0.1, 0.15) is 37.0 Å². The molecule has 3 aliphatic rings. The molecular weight excluding hydrogens is 348 g/mol. The normalized spacial score (nSPS) is 29.3. The summed E-state index contributed by atoms with van der Waals surface area (Å²) in [4.78, 5) is 29.7. The van der Waals surface area contributed by atoms with Crippen molar-refractivity contribution >= 4 is 11.8 Å². The predicted octanol–water partition coefficient (Wildman–Crippen LogP) is 1.90. The van der Waals surface area contributed by atoms with Gasteiger partial charge in [0.2, 0.25) is 5.91 Å². The molecule has 0 N–H and O–H groups in total. The number of carbonyl (C=O) groups excluding carboxylic acids is 2. The number of rotatable bonds is 4. The third kappa shape index (κ3) is 2.51. The van der Waals surface area contributed by atoms with E-state index in [1.54, 1.807) is 37.3 Å². The first-order valence-electron chi connectivity index (χ1n) is 9.42. The van der Waals surface area contributed by atoms with Gasteiger partial charge in [-0.05, 0) is 24.1 Å². The van der Waals surface area contributed by atoms with Gasteiger partial charge in [0.15, 0.2) is 17.2 Å². The smallest absolute Gasteiger partial charge is 0.254 e. The third-order valence-electron chi connectivity index (χ3n) is 6.15. The van der Waals surface area contributed by atoms with E-state index < -0.39 is 5.72 Å². The lowest BCUT2D eigenvalue weighted by Crippen LogP contribution is -2.51. The summed E-state index contributed by atoms with van der Waals surface area (Å²) in [5, 5.41) is 0. The number of hydrogen-bond acceptors (Lipinski definition) is 5. The lowest BCUT2D eigenvalue weighted by atomic mass is 10.0. The maximum atomic E-state index is 13.2. The lowest BCUT2D eigenvalue weighted by Gasteiger charge is -2.34. The average molecular weight is 374 g/mol. The maximum absolute atomic E-state index is 13.2. The number of ether oxygens (including phenoxy) is 3. The van der Waals surface area contributed by atoms with Crippen molar-refractivity contribution in [3.05, 3.63) is 23.8 Å². The van der Waals surface area contributed by atoms with Crippen molar-refractivity contribution in [2.75, 3.05) is 27.4 Å². The van der Waals surface area contributed by atoms with Crippen molar-refractivity contribution in [2.45, 2.75) is 44.5 Å². The van der Waals surface area contributed by atoms with Gasteiger partial charge < -0.3 is 24.0 Å². The first kappa shape index (κ1) is 18.1. The lowest BCUT2D eigenvalue weighted by molar-refractivity contribution is -0.139. The molecule has 3 aliphatic heterocycles. The Morgan fingerprint density at radius 1 is 1.26 bits per heavy atom. The number of nitrogens with zero attached hydrogens (tertiary/aromatic N) is 2. The monoisotopic (exact) mass is 374 g/mol. The Balaban J connectivity index is 1.62. The fourth-order valence-electron chi connectivity index (χ4n) is 4.75. The molecule has 3 fully saturated rings. The molecule has 1 aromatic carbocycles. The van der Waals surface area contributed by atoms with Gasteiger partial charge in [-0.15, -0.1) is 0 Å². The second kappa shape index (κ2) is 6.41. The standard InChI is InChI=1S/C20H26N2O5/c1-12(2)14-11-27-20-7-8-21(17(20)10-18(23)22(14)20)19(24)13-5-6-15(25-3)16(9-13)26-4/h5-6,9,12,14,17H,7-8,10-11H2,1-4H3/t14-,17+,20-/m0/s1. The summed E-state index contributed by atoms with van der Waals surface area (Å²) in [7, 11) is 3.10. The van der Waals surface area contributed by atoms with E-state index in [-0.39, 0.29) is 23.9 Å². The molecule has 0 aromatic heterocycles. The number of carbonyl (C=O) groups is 2. The molecule has 2 amide bonds. The molecule has 0 aliphatic carbocycles. The molecule has 0 saturated carbocycles. The molecular formula is C20H26N2O5. The van der Waals surface area contributed by atoms with E-state index in [9.17, 15) is 9.59 Å². The van der Waals surface area contributed by atoms with Crippen LogP contribution in [0.2, 0.25) is 0 Å². The van der Waals surface area contributed by atoms with E-state index in [0.29, 0.717) is 49.0 Å². The van der Waals surface area contributed by atoms with Gasteiger partial charge in [0.25, 0.3) is 5.91 Å². The molecule has 1 aromatic rings. The summed E-state index contributed by atoms with van der Waals surface area (Å²) in [6.07, 6.45) is 0.980. The molecule has 3 heterocycles. The van der Waals surface area contributed by atoms with Gasteiger partial charge in [-0.25, -0.2) is 0 Å². The van der Waals surface area contributed by atoms with Crippen molar-refractivity contribution in [3.8, 4) is 11.5 Å². The first-order valence-corrected chi connectivity index (χ1v) is 9.42. The highest BCUT2D eigenvalue weighted by Crippen LogP contribution is 2.49. The first-order chi connectivity index (χ1) is 12.9. The molecule has 4 rings (SSSR count). The van der Waals surface area contributed by atoms with E-state index in [1.807, 2.05) is 4.90 Å². The van der Waals surface area contributed by atoms with E-state index in [1.165, 1.54) is 0 Å². The molecule has 0 radical (unpaired) electrons. The van der Waals surface area contributed by atoms with Crippen molar-refractivity contribution in [3.63, 3.8) is 0 Å². The summed E-state index contributed by atoms with van der Waals surface area (Å²) < 4.78 is 16.8. The molecule has 27 heavy (non-hydrogen) atoms. The largest absolute Gasteiger partial charge is 0.493 e. The number of methoxy groups -OCH3 is 2. The maximum Gasteiger partial charge on any atom is 0.254 e. The summed E-state index contributed by atoms with van der Waals surface area (Å²) in [5.41, 5.74) is -0.132. The summed E-state index contributed by atoms with van der Waals surface area (Å²) in [6.45, 7) is 5.33. The molecule has 0 unspecified atom stereocenters. The number of amides is 2. The van der Waals surface area contributed by atoms with Crippen molar-refractivity contribution < 1.29 is 23.8 Å². The highest BCUT2D eigenvalue weighted by Gasteiger charge is 2.65. The van der Waals surface area contributed by atoms with Crippen LogP contribution in [-0.4, -0.2) is 66.8 Å². The quantitative estimate of drug-likeness (QED) is 0.805. The van der Waals surface area contributed by atoms with Crippen LogP contribution in [0.25, 0.3) is 0 Å². The zero-order valence-electron chi connectivity index (χ0n) is 16.2. The Labute approximate surface area is 159 Å². The van der Waals surface area contributed by atoms with Crippen molar-refractivity contribution in [2.24, 2.45) is 5.92 Å². The van der Waals surface area contributed by atoms with E-state index >= 15 is 0 Å². The fraction of sp³-hybridized carbons (Fsp3) is 0.600. The van der Waals surface area contributed by atoms with Crippen LogP contribution < -0.4 is 9.47 Å². The topological polar surface area (TPSA) is 68.3 Å². The zero-order valence-corrected chi connectivity index (χ0v) is 16.2. The second-order valence-corrected chi connectivity index (χ2v) is 7.77. The highest BCUT2D eigenvalue weighted by molar-refractivity contribution is 5.96. The van der Waals surface area contributed by atoms with Gasteiger partial charge in [0.05, 0.1) is 39.3 Å². The van der Waals surface area contributed by atoms with Crippen LogP contribution in [0.15, 0.2) is 18.2 Å². The summed E-state index contributed by atoms with van der Waals surface area (Å²) in [5.74, 6) is 1.39. The van der Waals surface area contributed by atoms with Gasteiger partial charge >= 0.3 is 0 Å². The number of benzene rings is 1. The molecule has 146 valence electrons. The van der Waals surface area contributed by atoms with Gasteiger partial charge in [-0.2, -0.15) is 0 Å². The van der Waals surface area contributed by atoms with E-state index in [2.05, 4.69) is 13.8 Å². The number of likely N-dealkylation sites (tertiary alicyclic amines) is 1. The second-order valence-electron chi connectivity index (χ2n) is 7.77. The Morgan fingerprint density at radius 2 is 2.00 bits per heavy atom. The highest BCUT2D eigenvalue weighted by atomic mass is 16.5. The van der Waals surface area contributed by atoms with Crippen LogP contribution >= 0.6 is 0 Å². The molecule has 3 atom stereocenters. The Bertz CT molecular complexity index is 780. The molecule has 7 heteroatoms. The van der Waals surface area contributed by atoms with Gasteiger partial charge in [0, 0.05) is 18.5 Å².